The summed E-state index contributed by atoms with van der Waals surface area (Å²) in [6, 6.07) is 1.61. The summed E-state index contributed by atoms with van der Waals surface area (Å²) in [5.41, 5.74) is 1.04. The van der Waals surface area contributed by atoms with Gasteiger partial charge in [0.15, 0.2) is 5.65 Å². The fourth-order valence-electron chi connectivity index (χ4n) is 1.81. The number of alkyl halides is 4. The molecule has 0 aromatic carbocycles. The molecule has 0 saturated heterocycles. The van der Waals surface area contributed by atoms with Gasteiger partial charge in [-0.25, -0.2) is 9.97 Å². The van der Waals surface area contributed by atoms with Crippen molar-refractivity contribution >= 4 is 34.4 Å². The monoisotopic (exact) mass is 311 g/mol. The molecule has 0 radical (unpaired) electrons. The maximum Gasteiger partial charge on any atom is 0.389 e. The van der Waals surface area contributed by atoms with E-state index in [-0.39, 0.29) is 18.8 Å². The van der Waals surface area contributed by atoms with Gasteiger partial charge in [-0.15, -0.1) is 11.6 Å². The van der Waals surface area contributed by atoms with E-state index in [4.69, 9.17) is 23.2 Å². The van der Waals surface area contributed by atoms with E-state index in [1.54, 1.807) is 10.6 Å². The van der Waals surface area contributed by atoms with Crippen LogP contribution in [0.3, 0.4) is 0 Å². The topological polar surface area (TPSA) is 30.7 Å². The molecule has 0 aliphatic rings. The molecule has 2 aromatic rings. The minimum atomic E-state index is -4.16. The third-order valence-electron chi connectivity index (χ3n) is 2.59. The van der Waals surface area contributed by atoms with Crippen molar-refractivity contribution < 1.29 is 13.2 Å². The Balaban J connectivity index is 2.25. The molecular formula is C11H10Cl2F3N3. The van der Waals surface area contributed by atoms with E-state index >= 15 is 0 Å². The molecule has 104 valence electrons. The van der Waals surface area contributed by atoms with Crippen LogP contribution in [0.15, 0.2) is 12.3 Å². The van der Waals surface area contributed by atoms with Gasteiger partial charge in [-0.05, 0) is 12.5 Å². The second-order valence-electron chi connectivity index (χ2n) is 4.03. The van der Waals surface area contributed by atoms with E-state index in [1.807, 2.05) is 0 Å². The van der Waals surface area contributed by atoms with Crippen LogP contribution in [0.2, 0.25) is 5.02 Å². The number of halogens is 5. The second-order valence-corrected chi connectivity index (χ2v) is 4.73. The molecule has 0 aliphatic carbocycles. The summed E-state index contributed by atoms with van der Waals surface area (Å²) in [6.07, 6.45) is -3.61. The molecule has 19 heavy (non-hydrogen) atoms. The number of pyridine rings is 1. The molecule has 0 bridgehead atoms. The van der Waals surface area contributed by atoms with E-state index < -0.39 is 12.6 Å². The normalized spacial score (nSPS) is 12.3. The van der Waals surface area contributed by atoms with Crippen LogP contribution in [-0.4, -0.2) is 20.7 Å². The van der Waals surface area contributed by atoms with Gasteiger partial charge in [0.1, 0.15) is 11.3 Å². The predicted molar refractivity (Wildman–Crippen MR) is 67.4 cm³/mol. The van der Waals surface area contributed by atoms with Crippen LogP contribution in [0.4, 0.5) is 13.2 Å². The van der Waals surface area contributed by atoms with E-state index in [2.05, 4.69) is 9.97 Å². The molecule has 2 rings (SSSR count). The first-order valence-electron chi connectivity index (χ1n) is 5.54. The minimum Gasteiger partial charge on any atom is -0.312 e. The Bertz CT molecular complexity index is 580. The van der Waals surface area contributed by atoms with E-state index in [0.717, 1.165) is 0 Å². The molecular weight excluding hydrogens is 302 g/mol. The third kappa shape index (κ3) is 3.51. The quantitative estimate of drug-likeness (QED) is 0.794. The summed E-state index contributed by atoms with van der Waals surface area (Å²) in [5, 5.41) is 0.425. The van der Waals surface area contributed by atoms with Crippen LogP contribution in [-0.2, 0) is 12.4 Å². The molecule has 2 heterocycles. The fourth-order valence-corrected chi connectivity index (χ4v) is 2.16. The van der Waals surface area contributed by atoms with Crippen molar-refractivity contribution in [3.05, 3.63) is 23.1 Å². The summed E-state index contributed by atoms with van der Waals surface area (Å²) >= 11 is 11.5. The summed E-state index contributed by atoms with van der Waals surface area (Å²) < 4.78 is 38.1. The Morgan fingerprint density at radius 2 is 2.05 bits per heavy atom. The molecule has 3 nitrogen and oxygen atoms in total. The second kappa shape index (κ2) is 5.54. The first-order valence-corrected chi connectivity index (χ1v) is 6.45. The van der Waals surface area contributed by atoms with Crippen molar-refractivity contribution in [1.82, 2.24) is 14.5 Å². The lowest BCUT2D eigenvalue weighted by molar-refractivity contribution is -0.135. The Kier molecular flexibility index (Phi) is 4.20. The van der Waals surface area contributed by atoms with Gasteiger partial charge in [-0.3, -0.25) is 0 Å². The average Bonchev–Trinajstić information content (AvgIpc) is 2.65. The molecule has 0 spiro atoms. The van der Waals surface area contributed by atoms with Crippen molar-refractivity contribution in [3.8, 4) is 0 Å². The van der Waals surface area contributed by atoms with Crippen LogP contribution < -0.4 is 0 Å². The van der Waals surface area contributed by atoms with Crippen molar-refractivity contribution in [1.29, 1.82) is 0 Å². The SMILES string of the molecule is FC(F)(F)CCCn1c(CCl)nc2cc(Cl)cnc21. The van der Waals surface area contributed by atoms with Gasteiger partial charge in [-0.2, -0.15) is 13.2 Å². The molecule has 0 N–H and O–H groups in total. The van der Waals surface area contributed by atoms with Crippen molar-refractivity contribution in [2.24, 2.45) is 0 Å². The number of aryl methyl sites for hydroxylation is 1. The maximum atomic E-state index is 12.1. The Morgan fingerprint density at radius 1 is 1.32 bits per heavy atom. The molecule has 0 fully saturated rings. The number of nitrogens with zero attached hydrogens (tertiary/aromatic N) is 3. The summed E-state index contributed by atoms with van der Waals surface area (Å²) in [7, 11) is 0. The number of rotatable bonds is 4. The average molecular weight is 312 g/mol. The van der Waals surface area contributed by atoms with Crippen LogP contribution in [0, 0.1) is 0 Å². The van der Waals surface area contributed by atoms with Gasteiger partial charge >= 0.3 is 6.18 Å². The van der Waals surface area contributed by atoms with Crippen LogP contribution in [0.1, 0.15) is 18.7 Å². The molecule has 0 aliphatic heterocycles. The lowest BCUT2D eigenvalue weighted by atomic mass is 10.3. The van der Waals surface area contributed by atoms with E-state index in [1.165, 1.54) is 6.20 Å². The highest BCUT2D eigenvalue weighted by molar-refractivity contribution is 6.31. The van der Waals surface area contributed by atoms with Crippen LogP contribution in [0.5, 0.6) is 0 Å². The Hall–Kier alpha value is -1.01. The summed E-state index contributed by atoms with van der Waals surface area (Å²) in [5.74, 6) is 0.605. The Labute approximate surface area is 117 Å². The zero-order valence-corrected chi connectivity index (χ0v) is 11.2. The number of imidazole rings is 1. The van der Waals surface area contributed by atoms with Crippen LogP contribution >= 0.6 is 23.2 Å². The highest BCUT2D eigenvalue weighted by atomic mass is 35.5. The minimum absolute atomic E-state index is 0.0385. The number of hydrogen-bond donors (Lipinski definition) is 0. The van der Waals surface area contributed by atoms with Crippen molar-refractivity contribution in [3.63, 3.8) is 0 Å². The molecule has 0 atom stereocenters. The largest absolute Gasteiger partial charge is 0.389 e. The number of fused-ring (bicyclic) bond motifs is 1. The van der Waals surface area contributed by atoms with Crippen molar-refractivity contribution in [2.75, 3.05) is 0 Å². The zero-order chi connectivity index (χ0) is 14.0. The molecule has 8 heteroatoms. The highest BCUT2D eigenvalue weighted by Gasteiger charge is 2.26. The van der Waals surface area contributed by atoms with Gasteiger partial charge in [0.05, 0.1) is 10.9 Å². The highest BCUT2D eigenvalue weighted by Crippen LogP contribution is 2.24. The predicted octanol–water partition coefficient (Wildman–Crippen LogP) is 4.17. The van der Waals surface area contributed by atoms with E-state index in [0.29, 0.717) is 22.0 Å². The lowest BCUT2D eigenvalue weighted by Crippen LogP contribution is -2.10. The lowest BCUT2D eigenvalue weighted by Gasteiger charge is -2.09. The van der Waals surface area contributed by atoms with Crippen molar-refractivity contribution in [2.45, 2.75) is 31.4 Å². The molecule has 2 aromatic heterocycles. The Morgan fingerprint density at radius 3 is 2.68 bits per heavy atom. The fraction of sp³-hybridized carbons (Fsp3) is 0.455. The summed E-state index contributed by atoms with van der Waals surface area (Å²) in [6.45, 7) is 0.173. The number of aromatic nitrogens is 3. The zero-order valence-electron chi connectivity index (χ0n) is 9.71. The van der Waals surface area contributed by atoms with Gasteiger partial charge in [-0.1, -0.05) is 11.6 Å². The van der Waals surface area contributed by atoms with E-state index in [9.17, 15) is 13.2 Å². The van der Waals surface area contributed by atoms with Gasteiger partial charge in [0, 0.05) is 19.2 Å². The first kappa shape index (κ1) is 14.4. The van der Waals surface area contributed by atoms with Crippen LogP contribution in [0.25, 0.3) is 11.2 Å². The molecule has 0 saturated carbocycles. The molecule has 0 unspecified atom stereocenters. The molecule has 0 amide bonds. The summed E-state index contributed by atoms with van der Waals surface area (Å²) in [4.78, 5) is 8.30. The first-order chi connectivity index (χ1) is 8.90. The van der Waals surface area contributed by atoms with Gasteiger partial charge in [0.2, 0.25) is 0 Å². The number of hydrogen-bond acceptors (Lipinski definition) is 2. The van der Waals surface area contributed by atoms with Gasteiger partial charge < -0.3 is 4.57 Å². The third-order valence-corrected chi connectivity index (χ3v) is 3.04. The maximum absolute atomic E-state index is 12.1. The smallest absolute Gasteiger partial charge is 0.312 e. The standard InChI is InChI=1S/C11H10Cl2F3N3/c12-5-9-18-8-4-7(13)6-17-10(8)19(9)3-1-2-11(14,15)16/h4,6H,1-3,5H2. The van der Waals surface area contributed by atoms with Gasteiger partial charge in [0.25, 0.3) is 0 Å².